The molecule has 0 aromatic heterocycles. The number of amides is 1. The summed E-state index contributed by atoms with van der Waals surface area (Å²) >= 11 is 1.07. The fraction of sp³-hybridized carbons (Fsp3) is 0.556. The molecule has 0 fully saturated rings. The number of thioether (sulfide) groups is 1. The third kappa shape index (κ3) is 7.50. The van der Waals surface area contributed by atoms with E-state index in [1.165, 1.54) is 0 Å². The van der Waals surface area contributed by atoms with Gasteiger partial charge in [-0.3, -0.25) is 9.59 Å². The van der Waals surface area contributed by atoms with Gasteiger partial charge in [0.05, 0.1) is 11.5 Å². The van der Waals surface area contributed by atoms with Gasteiger partial charge in [0.1, 0.15) is 0 Å². The fourth-order valence-corrected chi connectivity index (χ4v) is 1.32. The van der Waals surface area contributed by atoms with Crippen molar-refractivity contribution in [3.8, 4) is 12.3 Å². The number of hydrogen-bond donors (Lipinski definition) is 2. The minimum Gasteiger partial charge on any atom is -0.481 e. The van der Waals surface area contributed by atoms with E-state index in [1.54, 1.807) is 6.92 Å². The van der Waals surface area contributed by atoms with Gasteiger partial charge in [-0.15, -0.1) is 24.1 Å². The third-order valence-electron chi connectivity index (χ3n) is 1.29. The molecule has 0 heterocycles. The number of carboxylic acid groups (broad SMARTS) is 1. The first-order chi connectivity index (χ1) is 6.56. The number of terminal acetylenes is 1. The molecule has 0 aromatic carbocycles. The molecular weight excluding hydrogens is 202 g/mol. The summed E-state index contributed by atoms with van der Waals surface area (Å²) < 4.78 is 0. The lowest BCUT2D eigenvalue weighted by molar-refractivity contribution is -0.133. The van der Waals surface area contributed by atoms with Crippen LogP contribution in [0.15, 0.2) is 0 Å². The highest BCUT2D eigenvalue weighted by Gasteiger charge is 2.06. The van der Waals surface area contributed by atoms with Gasteiger partial charge in [-0.1, -0.05) is 0 Å². The van der Waals surface area contributed by atoms with E-state index in [0.717, 1.165) is 11.8 Å². The lowest BCUT2D eigenvalue weighted by Crippen LogP contribution is -2.33. The summed E-state index contributed by atoms with van der Waals surface area (Å²) in [6.45, 7) is 1.81. The van der Waals surface area contributed by atoms with Gasteiger partial charge < -0.3 is 10.4 Å². The maximum atomic E-state index is 11.1. The molecule has 4 nitrogen and oxygen atoms in total. The standard InChI is InChI=1S/C9H13NO3S/c1-3-4-7(2)10-8(11)5-14-6-9(12)13/h1,7H,4-6H2,2H3,(H,10,11)(H,12,13). The maximum Gasteiger partial charge on any atom is 0.313 e. The molecule has 0 rings (SSSR count). The molecular formula is C9H13NO3S. The van der Waals surface area contributed by atoms with Crippen LogP contribution in [0.25, 0.3) is 0 Å². The molecule has 0 saturated heterocycles. The average Bonchev–Trinajstić information content (AvgIpc) is 2.03. The van der Waals surface area contributed by atoms with E-state index in [2.05, 4.69) is 11.2 Å². The molecule has 0 spiro atoms. The summed E-state index contributed by atoms with van der Waals surface area (Å²) in [6, 6.07) is -0.0575. The summed E-state index contributed by atoms with van der Waals surface area (Å²) in [5, 5.41) is 11.0. The van der Waals surface area contributed by atoms with Gasteiger partial charge in [-0.25, -0.2) is 0 Å². The second-order valence-corrected chi connectivity index (χ2v) is 3.75. The van der Waals surface area contributed by atoms with Crippen molar-refractivity contribution in [1.82, 2.24) is 5.32 Å². The van der Waals surface area contributed by atoms with Crippen LogP contribution in [0.5, 0.6) is 0 Å². The molecule has 2 N–H and O–H groups in total. The Morgan fingerprint density at radius 1 is 1.57 bits per heavy atom. The molecule has 1 amide bonds. The van der Waals surface area contributed by atoms with Gasteiger partial charge in [0, 0.05) is 12.5 Å². The number of carbonyl (C=O) groups excluding carboxylic acids is 1. The lowest BCUT2D eigenvalue weighted by atomic mass is 10.2. The molecule has 0 aliphatic rings. The average molecular weight is 215 g/mol. The monoisotopic (exact) mass is 215 g/mol. The highest BCUT2D eigenvalue weighted by molar-refractivity contribution is 8.00. The number of carbonyl (C=O) groups is 2. The van der Waals surface area contributed by atoms with Crippen LogP contribution in [0.3, 0.4) is 0 Å². The van der Waals surface area contributed by atoms with Gasteiger partial charge in [0.25, 0.3) is 0 Å². The molecule has 5 heteroatoms. The van der Waals surface area contributed by atoms with Gasteiger partial charge in [-0.05, 0) is 6.92 Å². The summed E-state index contributed by atoms with van der Waals surface area (Å²) in [7, 11) is 0. The van der Waals surface area contributed by atoms with Crippen LogP contribution in [0, 0.1) is 12.3 Å². The first-order valence-electron chi connectivity index (χ1n) is 4.08. The highest BCUT2D eigenvalue weighted by Crippen LogP contribution is 1.99. The van der Waals surface area contributed by atoms with Crippen LogP contribution in [-0.4, -0.2) is 34.5 Å². The fourth-order valence-electron chi connectivity index (χ4n) is 0.775. The van der Waals surface area contributed by atoms with Gasteiger partial charge in [0.15, 0.2) is 0 Å². The topological polar surface area (TPSA) is 66.4 Å². The molecule has 0 aliphatic heterocycles. The van der Waals surface area contributed by atoms with Gasteiger partial charge in [-0.2, -0.15) is 0 Å². The first kappa shape index (κ1) is 12.8. The van der Waals surface area contributed by atoms with Crippen LogP contribution in [0.2, 0.25) is 0 Å². The van der Waals surface area contributed by atoms with E-state index in [9.17, 15) is 9.59 Å². The van der Waals surface area contributed by atoms with Crippen molar-refractivity contribution >= 4 is 23.6 Å². The third-order valence-corrected chi connectivity index (χ3v) is 2.21. The Balaban J connectivity index is 3.56. The van der Waals surface area contributed by atoms with Crippen LogP contribution in [0.4, 0.5) is 0 Å². The molecule has 0 saturated carbocycles. The number of hydrogen-bond acceptors (Lipinski definition) is 3. The molecule has 0 bridgehead atoms. The molecule has 0 aliphatic carbocycles. The Morgan fingerprint density at radius 2 is 2.21 bits per heavy atom. The van der Waals surface area contributed by atoms with Crippen molar-refractivity contribution in [3.63, 3.8) is 0 Å². The largest absolute Gasteiger partial charge is 0.481 e. The quantitative estimate of drug-likeness (QED) is 0.627. The van der Waals surface area contributed by atoms with Crippen molar-refractivity contribution in [2.24, 2.45) is 0 Å². The Kier molecular flexibility index (Phi) is 6.68. The van der Waals surface area contributed by atoms with Crippen molar-refractivity contribution < 1.29 is 14.7 Å². The Labute approximate surface area is 87.4 Å². The number of rotatable bonds is 6. The Morgan fingerprint density at radius 3 is 2.71 bits per heavy atom. The predicted molar refractivity (Wildman–Crippen MR) is 56.0 cm³/mol. The Hall–Kier alpha value is -1.15. The number of carboxylic acids is 1. The molecule has 78 valence electrons. The smallest absolute Gasteiger partial charge is 0.313 e. The van der Waals surface area contributed by atoms with E-state index in [0.29, 0.717) is 6.42 Å². The Bertz CT molecular complexity index is 247. The molecule has 14 heavy (non-hydrogen) atoms. The summed E-state index contributed by atoms with van der Waals surface area (Å²) in [5.41, 5.74) is 0. The second-order valence-electron chi connectivity index (χ2n) is 2.76. The maximum absolute atomic E-state index is 11.1. The predicted octanol–water partition coefficient (Wildman–Crippen LogP) is 0.332. The van der Waals surface area contributed by atoms with E-state index >= 15 is 0 Å². The van der Waals surface area contributed by atoms with E-state index in [1.807, 2.05) is 0 Å². The van der Waals surface area contributed by atoms with Gasteiger partial charge in [0.2, 0.25) is 5.91 Å². The highest BCUT2D eigenvalue weighted by atomic mass is 32.2. The van der Waals surface area contributed by atoms with E-state index in [-0.39, 0.29) is 23.5 Å². The normalized spacial score (nSPS) is 11.4. The van der Waals surface area contributed by atoms with Crippen LogP contribution >= 0.6 is 11.8 Å². The lowest BCUT2D eigenvalue weighted by Gasteiger charge is -2.09. The molecule has 0 radical (unpaired) electrons. The van der Waals surface area contributed by atoms with Crippen LogP contribution < -0.4 is 5.32 Å². The van der Waals surface area contributed by atoms with Crippen LogP contribution in [-0.2, 0) is 9.59 Å². The van der Waals surface area contributed by atoms with Crippen LogP contribution in [0.1, 0.15) is 13.3 Å². The second kappa shape index (κ2) is 7.27. The van der Waals surface area contributed by atoms with Crippen molar-refractivity contribution in [3.05, 3.63) is 0 Å². The summed E-state index contributed by atoms with van der Waals surface area (Å²) in [5.74, 6) is 1.43. The number of aliphatic carboxylic acids is 1. The first-order valence-corrected chi connectivity index (χ1v) is 5.24. The minimum atomic E-state index is -0.917. The van der Waals surface area contributed by atoms with Crippen molar-refractivity contribution in [2.75, 3.05) is 11.5 Å². The SMILES string of the molecule is C#CCC(C)NC(=O)CSCC(=O)O. The summed E-state index contributed by atoms with van der Waals surface area (Å²) in [4.78, 5) is 21.2. The van der Waals surface area contributed by atoms with E-state index < -0.39 is 5.97 Å². The summed E-state index contributed by atoms with van der Waals surface area (Å²) in [6.07, 6.45) is 5.54. The van der Waals surface area contributed by atoms with E-state index in [4.69, 9.17) is 11.5 Å². The zero-order valence-electron chi connectivity index (χ0n) is 7.95. The minimum absolute atomic E-state index is 0.0575. The zero-order chi connectivity index (χ0) is 11.0. The molecule has 1 atom stereocenters. The van der Waals surface area contributed by atoms with Gasteiger partial charge >= 0.3 is 5.97 Å². The van der Waals surface area contributed by atoms with Crippen molar-refractivity contribution in [2.45, 2.75) is 19.4 Å². The van der Waals surface area contributed by atoms with Crippen molar-refractivity contribution in [1.29, 1.82) is 0 Å². The number of nitrogens with one attached hydrogen (secondary N) is 1. The molecule has 1 unspecified atom stereocenters. The molecule has 0 aromatic rings. The zero-order valence-corrected chi connectivity index (χ0v) is 8.76.